The smallest absolute Gasteiger partial charge is 0.254 e. The van der Waals surface area contributed by atoms with Gasteiger partial charge >= 0.3 is 0 Å². The Labute approximate surface area is 138 Å². The number of nitrogens with zero attached hydrogens (tertiary/aromatic N) is 2. The summed E-state index contributed by atoms with van der Waals surface area (Å²) >= 11 is 3.44. The van der Waals surface area contributed by atoms with E-state index >= 15 is 0 Å². The van der Waals surface area contributed by atoms with Gasteiger partial charge in [0, 0.05) is 17.2 Å². The van der Waals surface area contributed by atoms with Crippen LogP contribution in [-0.4, -0.2) is 27.8 Å². The Hall–Kier alpha value is -1.66. The number of nitrogens with one attached hydrogen (secondary N) is 1. The SMILES string of the molecule is NCC1(NC(=O)c2cnn(-c3cccc(Br)c3)c2)CCCC1. The average molecular weight is 363 g/mol. The summed E-state index contributed by atoms with van der Waals surface area (Å²) in [5.74, 6) is -0.103. The second-order valence-electron chi connectivity index (χ2n) is 5.80. The summed E-state index contributed by atoms with van der Waals surface area (Å²) in [4.78, 5) is 12.4. The third-order valence-corrected chi connectivity index (χ3v) is 4.74. The molecule has 1 heterocycles. The number of benzene rings is 1. The van der Waals surface area contributed by atoms with Crippen LogP contribution < -0.4 is 11.1 Å². The summed E-state index contributed by atoms with van der Waals surface area (Å²) in [5.41, 5.74) is 7.09. The molecule has 22 heavy (non-hydrogen) atoms. The molecule has 1 aromatic carbocycles. The Morgan fingerprint density at radius 3 is 2.86 bits per heavy atom. The van der Waals surface area contributed by atoms with E-state index in [1.165, 1.54) is 0 Å². The van der Waals surface area contributed by atoms with Crippen molar-refractivity contribution in [3.05, 3.63) is 46.7 Å². The minimum absolute atomic E-state index is 0.103. The zero-order chi connectivity index (χ0) is 15.6. The van der Waals surface area contributed by atoms with Crippen molar-refractivity contribution < 1.29 is 4.79 Å². The van der Waals surface area contributed by atoms with Crippen LogP contribution in [0, 0.1) is 0 Å². The highest BCUT2D eigenvalue weighted by molar-refractivity contribution is 9.10. The molecule has 1 aromatic heterocycles. The van der Waals surface area contributed by atoms with Crippen molar-refractivity contribution in [2.45, 2.75) is 31.2 Å². The van der Waals surface area contributed by atoms with E-state index in [9.17, 15) is 4.79 Å². The first kappa shape index (κ1) is 15.2. The van der Waals surface area contributed by atoms with Gasteiger partial charge in [-0.15, -0.1) is 0 Å². The lowest BCUT2D eigenvalue weighted by atomic mass is 9.97. The van der Waals surface area contributed by atoms with E-state index in [0.29, 0.717) is 12.1 Å². The van der Waals surface area contributed by atoms with Gasteiger partial charge in [-0.3, -0.25) is 4.79 Å². The predicted molar refractivity (Wildman–Crippen MR) is 89.0 cm³/mol. The quantitative estimate of drug-likeness (QED) is 0.877. The minimum atomic E-state index is -0.241. The third-order valence-electron chi connectivity index (χ3n) is 4.25. The van der Waals surface area contributed by atoms with Crippen molar-refractivity contribution in [2.75, 3.05) is 6.54 Å². The number of nitrogens with two attached hydrogens (primary N) is 1. The highest BCUT2D eigenvalue weighted by Crippen LogP contribution is 2.29. The summed E-state index contributed by atoms with van der Waals surface area (Å²) in [6.07, 6.45) is 7.49. The fourth-order valence-electron chi connectivity index (χ4n) is 2.94. The van der Waals surface area contributed by atoms with Gasteiger partial charge in [0.2, 0.25) is 0 Å². The monoisotopic (exact) mass is 362 g/mol. The van der Waals surface area contributed by atoms with Gasteiger partial charge in [0.25, 0.3) is 5.91 Å². The average Bonchev–Trinajstić information content (AvgIpc) is 3.17. The molecule has 3 rings (SSSR count). The molecule has 5 nitrogen and oxygen atoms in total. The van der Waals surface area contributed by atoms with Crippen molar-refractivity contribution >= 4 is 21.8 Å². The Morgan fingerprint density at radius 2 is 2.18 bits per heavy atom. The van der Waals surface area contributed by atoms with Gasteiger partial charge < -0.3 is 11.1 Å². The Balaban J connectivity index is 1.77. The lowest BCUT2D eigenvalue weighted by Crippen LogP contribution is -2.51. The van der Waals surface area contributed by atoms with Gasteiger partial charge in [0.1, 0.15) is 0 Å². The minimum Gasteiger partial charge on any atom is -0.345 e. The van der Waals surface area contributed by atoms with Crippen LogP contribution >= 0.6 is 15.9 Å². The van der Waals surface area contributed by atoms with Crippen LogP contribution in [0.5, 0.6) is 0 Å². The summed E-state index contributed by atoms with van der Waals surface area (Å²) in [7, 11) is 0. The molecule has 0 saturated heterocycles. The van der Waals surface area contributed by atoms with E-state index in [1.807, 2.05) is 24.3 Å². The van der Waals surface area contributed by atoms with E-state index in [-0.39, 0.29) is 11.4 Å². The molecule has 3 N–H and O–H groups in total. The summed E-state index contributed by atoms with van der Waals surface area (Å²) in [6.45, 7) is 0.485. The van der Waals surface area contributed by atoms with Crippen LogP contribution in [0.15, 0.2) is 41.1 Å². The maximum atomic E-state index is 12.4. The largest absolute Gasteiger partial charge is 0.345 e. The molecule has 1 aliphatic carbocycles. The predicted octanol–water partition coefficient (Wildman–Crippen LogP) is 2.64. The molecular formula is C16H19BrN4O. The van der Waals surface area contributed by atoms with Crippen LogP contribution in [0.4, 0.5) is 0 Å². The van der Waals surface area contributed by atoms with E-state index < -0.39 is 0 Å². The second-order valence-corrected chi connectivity index (χ2v) is 6.71. The Bertz CT molecular complexity index is 676. The molecule has 0 aliphatic heterocycles. The van der Waals surface area contributed by atoms with Crippen LogP contribution in [0.25, 0.3) is 5.69 Å². The first-order valence-electron chi connectivity index (χ1n) is 7.45. The van der Waals surface area contributed by atoms with Crippen LogP contribution in [0.1, 0.15) is 36.0 Å². The first-order valence-corrected chi connectivity index (χ1v) is 8.24. The molecule has 6 heteroatoms. The number of carbonyl (C=O) groups is 1. The van der Waals surface area contributed by atoms with E-state index in [1.54, 1.807) is 17.1 Å². The highest BCUT2D eigenvalue weighted by atomic mass is 79.9. The highest BCUT2D eigenvalue weighted by Gasteiger charge is 2.34. The van der Waals surface area contributed by atoms with Crippen molar-refractivity contribution in [2.24, 2.45) is 5.73 Å². The maximum absolute atomic E-state index is 12.4. The lowest BCUT2D eigenvalue weighted by Gasteiger charge is -2.28. The molecule has 0 spiro atoms. The van der Waals surface area contributed by atoms with Crippen LogP contribution in [-0.2, 0) is 0 Å². The Morgan fingerprint density at radius 1 is 1.41 bits per heavy atom. The van der Waals surface area contributed by atoms with Gasteiger partial charge in [0.15, 0.2) is 0 Å². The van der Waals surface area contributed by atoms with Crippen molar-refractivity contribution in [3.63, 3.8) is 0 Å². The van der Waals surface area contributed by atoms with Gasteiger partial charge in [-0.1, -0.05) is 34.8 Å². The lowest BCUT2D eigenvalue weighted by molar-refractivity contribution is 0.0903. The molecule has 1 saturated carbocycles. The second kappa shape index (κ2) is 6.22. The normalized spacial score (nSPS) is 16.6. The van der Waals surface area contributed by atoms with Crippen molar-refractivity contribution in [1.29, 1.82) is 0 Å². The summed E-state index contributed by atoms with van der Waals surface area (Å²) in [5, 5.41) is 7.38. The number of carbonyl (C=O) groups excluding carboxylic acids is 1. The molecule has 1 aliphatic rings. The third kappa shape index (κ3) is 3.08. The summed E-state index contributed by atoms with van der Waals surface area (Å²) in [6, 6.07) is 7.78. The zero-order valence-corrected chi connectivity index (χ0v) is 13.8. The van der Waals surface area contributed by atoms with Crippen molar-refractivity contribution in [1.82, 2.24) is 15.1 Å². The van der Waals surface area contributed by atoms with Gasteiger partial charge in [-0.05, 0) is 31.0 Å². The zero-order valence-electron chi connectivity index (χ0n) is 12.3. The van der Waals surface area contributed by atoms with E-state index in [4.69, 9.17) is 5.73 Å². The number of rotatable bonds is 4. The van der Waals surface area contributed by atoms with Gasteiger partial charge in [-0.2, -0.15) is 5.10 Å². The molecule has 0 atom stereocenters. The molecule has 1 amide bonds. The fraction of sp³-hybridized carbons (Fsp3) is 0.375. The standard InChI is InChI=1S/C16H19BrN4O/c17-13-4-3-5-14(8-13)21-10-12(9-19-21)15(22)20-16(11-18)6-1-2-7-16/h3-5,8-10H,1-2,6-7,11,18H2,(H,20,22). The number of halogens is 1. The van der Waals surface area contributed by atoms with E-state index in [2.05, 4.69) is 26.3 Å². The number of amides is 1. The van der Waals surface area contributed by atoms with Crippen LogP contribution in [0.3, 0.4) is 0 Å². The van der Waals surface area contributed by atoms with Gasteiger partial charge in [0.05, 0.1) is 23.0 Å². The topological polar surface area (TPSA) is 72.9 Å². The number of hydrogen-bond donors (Lipinski definition) is 2. The summed E-state index contributed by atoms with van der Waals surface area (Å²) < 4.78 is 2.67. The number of aromatic nitrogens is 2. The molecule has 0 unspecified atom stereocenters. The molecule has 116 valence electrons. The molecule has 0 radical (unpaired) electrons. The molecule has 2 aromatic rings. The molecular weight excluding hydrogens is 344 g/mol. The fourth-order valence-corrected chi connectivity index (χ4v) is 3.33. The maximum Gasteiger partial charge on any atom is 0.254 e. The Kier molecular flexibility index (Phi) is 4.31. The van der Waals surface area contributed by atoms with Crippen LogP contribution in [0.2, 0.25) is 0 Å². The first-order chi connectivity index (χ1) is 10.6. The number of hydrogen-bond acceptors (Lipinski definition) is 3. The van der Waals surface area contributed by atoms with Gasteiger partial charge in [-0.25, -0.2) is 4.68 Å². The molecule has 1 fully saturated rings. The molecule has 0 bridgehead atoms. The van der Waals surface area contributed by atoms with Crippen molar-refractivity contribution in [3.8, 4) is 5.69 Å². The van der Waals surface area contributed by atoms with E-state index in [0.717, 1.165) is 35.8 Å².